The molecule has 0 aliphatic heterocycles. The number of benzene rings is 1. The van der Waals surface area contributed by atoms with Crippen LogP contribution in [0.4, 0.5) is 10.5 Å². The lowest BCUT2D eigenvalue weighted by atomic mass is 10.2. The van der Waals surface area contributed by atoms with E-state index < -0.39 is 5.97 Å². The first-order valence-electron chi connectivity index (χ1n) is 6.58. The highest BCUT2D eigenvalue weighted by Gasteiger charge is 2.13. The topological polar surface area (TPSA) is 69.6 Å². The number of amides is 2. The maximum absolute atomic E-state index is 12.1. The molecule has 6 heteroatoms. The molecule has 1 aromatic carbocycles. The van der Waals surface area contributed by atoms with Crippen molar-refractivity contribution in [3.05, 3.63) is 28.8 Å². The third kappa shape index (κ3) is 4.42. The van der Waals surface area contributed by atoms with Gasteiger partial charge in [0.25, 0.3) is 0 Å². The minimum Gasteiger partial charge on any atom is -0.478 e. The molecule has 0 atom stereocenters. The standard InChI is InChI=1S/C14H19ClN2O3/c1-3-7-17(8-4-2)14(20)16-10-5-6-11(13(18)19)12(15)9-10/h5-6,9H,3-4,7-8H2,1-2H3,(H,16,20)(H,18,19). The number of urea groups is 1. The number of carbonyl (C=O) groups is 2. The molecular weight excluding hydrogens is 280 g/mol. The van der Waals surface area contributed by atoms with Gasteiger partial charge in [-0.3, -0.25) is 0 Å². The van der Waals surface area contributed by atoms with E-state index >= 15 is 0 Å². The summed E-state index contributed by atoms with van der Waals surface area (Å²) in [6.45, 7) is 5.38. The molecule has 0 radical (unpaired) electrons. The molecule has 2 amide bonds. The molecule has 5 nitrogen and oxygen atoms in total. The third-order valence-electron chi connectivity index (χ3n) is 2.73. The fourth-order valence-electron chi connectivity index (χ4n) is 1.82. The second-order valence-corrected chi connectivity index (χ2v) is 4.82. The van der Waals surface area contributed by atoms with Gasteiger partial charge in [-0.05, 0) is 31.0 Å². The van der Waals surface area contributed by atoms with Crippen molar-refractivity contribution in [2.45, 2.75) is 26.7 Å². The summed E-state index contributed by atoms with van der Waals surface area (Å²) in [6.07, 6.45) is 1.76. The first kappa shape index (κ1) is 16.3. The second kappa shape index (κ2) is 7.75. The van der Waals surface area contributed by atoms with Crippen molar-refractivity contribution in [3.8, 4) is 0 Å². The Hall–Kier alpha value is -1.75. The molecule has 0 fully saturated rings. The van der Waals surface area contributed by atoms with Crippen molar-refractivity contribution in [1.29, 1.82) is 0 Å². The molecule has 0 bridgehead atoms. The Balaban J connectivity index is 2.79. The van der Waals surface area contributed by atoms with Gasteiger partial charge >= 0.3 is 12.0 Å². The van der Waals surface area contributed by atoms with Crippen molar-refractivity contribution in [2.75, 3.05) is 18.4 Å². The Labute approximate surface area is 123 Å². The molecule has 0 aliphatic rings. The number of nitrogens with zero attached hydrogens (tertiary/aromatic N) is 1. The molecule has 0 aliphatic carbocycles. The van der Waals surface area contributed by atoms with Gasteiger partial charge in [-0.15, -0.1) is 0 Å². The van der Waals surface area contributed by atoms with Gasteiger partial charge in [0.1, 0.15) is 0 Å². The highest BCUT2D eigenvalue weighted by atomic mass is 35.5. The average molecular weight is 299 g/mol. The number of rotatable bonds is 6. The first-order chi connectivity index (χ1) is 9.49. The van der Waals surface area contributed by atoms with Gasteiger partial charge in [0.15, 0.2) is 0 Å². The van der Waals surface area contributed by atoms with E-state index in [1.807, 2.05) is 13.8 Å². The van der Waals surface area contributed by atoms with Crippen LogP contribution in [0.2, 0.25) is 5.02 Å². The van der Waals surface area contributed by atoms with Crippen LogP contribution in [0, 0.1) is 0 Å². The number of halogens is 1. The number of hydrogen-bond acceptors (Lipinski definition) is 2. The Morgan fingerprint density at radius 1 is 1.25 bits per heavy atom. The van der Waals surface area contributed by atoms with E-state index in [-0.39, 0.29) is 16.6 Å². The molecule has 110 valence electrons. The molecule has 0 aromatic heterocycles. The molecule has 20 heavy (non-hydrogen) atoms. The van der Waals surface area contributed by atoms with Crippen LogP contribution in [-0.2, 0) is 0 Å². The van der Waals surface area contributed by atoms with Crippen LogP contribution in [0.25, 0.3) is 0 Å². The normalized spacial score (nSPS) is 10.2. The van der Waals surface area contributed by atoms with E-state index in [2.05, 4.69) is 5.32 Å². The monoisotopic (exact) mass is 298 g/mol. The van der Waals surface area contributed by atoms with Crippen molar-refractivity contribution in [2.24, 2.45) is 0 Å². The number of carboxylic acids is 1. The highest BCUT2D eigenvalue weighted by Crippen LogP contribution is 2.21. The average Bonchev–Trinajstić information content (AvgIpc) is 2.38. The largest absolute Gasteiger partial charge is 0.478 e. The molecule has 0 spiro atoms. The number of nitrogens with one attached hydrogen (secondary N) is 1. The van der Waals surface area contributed by atoms with Crippen LogP contribution in [-0.4, -0.2) is 35.1 Å². The van der Waals surface area contributed by atoms with Crippen LogP contribution < -0.4 is 5.32 Å². The van der Waals surface area contributed by atoms with E-state index in [0.717, 1.165) is 12.8 Å². The van der Waals surface area contributed by atoms with Gasteiger partial charge in [-0.1, -0.05) is 25.4 Å². The van der Waals surface area contributed by atoms with Crippen molar-refractivity contribution in [3.63, 3.8) is 0 Å². The Morgan fingerprint density at radius 2 is 1.85 bits per heavy atom. The zero-order valence-electron chi connectivity index (χ0n) is 11.6. The maximum Gasteiger partial charge on any atom is 0.337 e. The molecule has 1 rings (SSSR count). The smallest absolute Gasteiger partial charge is 0.337 e. The number of hydrogen-bond donors (Lipinski definition) is 2. The van der Waals surface area contributed by atoms with Crippen molar-refractivity contribution in [1.82, 2.24) is 4.90 Å². The minimum absolute atomic E-state index is 0.0173. The number of anilines is 1. The molecule has 0 saturated heterocycles. The van der Waals surface area contributed by atoms with Crippen LogP contribution in [0.5, 0.6) is 0 Å². The molecule has 0 saturated carbocycles. The van der Waals surface area contributed by atoms with E-state index in [0.29, 0.717) is 18.8 Å². The highest BCUT2D eigenvalue weighted by molar-refractivity contribution is 6.33. The summed E-state index contributed by atoms with van der Waals surface area (Å²) >= 11 is 5.86. The van der Waals surface area contributed by atoms with Crippen LogP contribution in [0.1, 0.15) is 37.0 Å². The van der Waals surface area contributed by atoms with Crippen molar-refractivity contribution < 1.29 is 14.7 Å². The molecule has 2 N–H and O–H groups in total. The van der Waals surface area contributed by atoms with Gasteiger partial charge in [0.2, 0.25) is 0 Å². The van der Waals surface area contributed by atoms with Gasteiger partial charge in [-0.25, -0.2) is 9.59 Å². The fourth-order valence-corrected chi connectivity index (χ4v) is 2.08. The predicted molar refractivity (Wildman–Crippen MR) is 79.6 cm³/mol. The van der Waals surface area contributed by atoms with Gasteiger partial charge in [0.05, 0.1) is 10.6 Å². The summed E-state index contributed by atoms with van der Waals surface area (Å²) in [4.78, 5) is 24.7. The van der Waals surface area contributed by atoms with Crippen LogP contribution >= 0.6 is 11.6 Å². The second-order valence-electron chi connectivity index (χ2n) is 4.42. The zero-order chi connectivity index (χ0) is 15.1. The fraction of sp³-hybridized carbons (Fsp3) is 0.429. The summed E-state index contributed by atoms with van der Waals surface area (Å²) in [7, 11) is 0. The summed E-state index contributed by atoms with van der Waals surface area (Å²) < 4.78 is 0. The predicted octanol–water partition coefficient (Wildman–Crippen LogP) is 3.69. The molecular formula is C14H19ClN2O3. The Bertz CT molecular complexity index is 485. The lowest BCUT2D eigenvalue weighted by Gasteiger charge is -2.22. The van der Waals surface area contributed by atoms with E-state index in [1.165, 1.54) is 18.2 Å². The summed E-state index contributed by atoms with van der Waals surface area (Å²) in [5.41, 5.74) is 0.505. The van der Waals surface area contributed by atoms with Crippen molar-refractivity contribution >= 4 is 29.3 Å². The molecule has 0 heterocycles. The number of carbonyl (C=O) groups excluding carboxylic acids is 1. The van der Waals surface area contributed by atoms with E-state index in [4.69, 9.17) is 16.7 Å². The third-order valence-corrected chi connectivity index (χ3v) is 3.04. The summed E-state index contributed by atoms with van der Waals surface area (Å²) in [6, 6.07) is 4.15. The van der Waals surface area contributed by atoms with Gasteiger partial charge in [0, 0.05) is 18.8 Å². The van der Waals surface area contributed by atoms with E-state index in [1.54, 1.807) is 4.90 Å². The quantitative estimate of drug-likeness (QED) is 0.841. The zero-order valence-corrected chi connectivity index (χ0v) is 12.4. The minimum atomic E-state index is -1.09. The summed E-state index contributed by atoms with van der Waals surface area (Å²) in [5.74, 6) is -1.09. The van der Waals surface area contributed by atoms with Gasteiger partial charge in [-0.2, -0.15) is 0 Å². The SMILES string of the molecule is CCCN(CCC)C(=O)Nc1ccc(C(=O)O)c(Cl)c1. The van der Waals surface area contributed by atoms with Crippen LogP contribution in [0.15, 0.2) is 18.2 Å². The Kier molecular flexibility index (Phi) is 6.31. The molecule has 0 unspecified atom stereocenters. The van der Waals surface area contributed by atoms with Crippen LogP contribution in [0.3, 0.4) is 0 Å². The maximum atomic E-state index is 12.1. The van der Waals surface area contributed by atoms with E-state index in [9.17, 15) is 9.59 Å². The molecule has 1 aromatic rings. The lowest BCUT2D eigenvalue weighted by molar-refractivity contribution is 0.0697. The lowest BCUT2D eigenvalue weighted by Crippen LogP contribution is -2.36. The number of aromatic carboxylic acids is 1. The van der Waals surface area contributed by atoms with Gasteiger partial charge < -0.3 is 15.3 Å². The number of carboxylic acid groups (broad SMARTS) is 1. The first-order valence-corrected chi connectivity index (χ1v) is 6.96. The Morgan fingerprint density at radius 3 is 2.30 bits per heavy atom. The summed E-state index contributed by atoms with van der Waals surface area (Å²) in [5, 5.41) is 11.7.